The van der Waals surface area contributed by atoms with E-state index in [4.69, 9.17) is 4.42 Å². The number of halogens is 3. The first kappa shape index (κ1) is 11.7. The summed E-state index contributed by atoms with van der Waals surface area (Å²) in [5.74, 6) is -2.79. The first-order valence-electron chi connectivity index (χ1n) is 4.86. The van der Waals surface area contributed by atoms with Gasteiger partial charge >= 0.3 is 0 Å². The van der Waals surface area contributed by atoms with Gasteiger partial charge in [0.2, 0.25) is 0 Å². The van der Waals surface area contributed by atoms with E-state index in [1.807, 2.05) is 0 Å². The highest BCUT2D eigenvalue weighted by Crippen LogP contribution is 2.28. The molecule has 17 heavy (non-hydrogen) atoms. The molecule has 0 spiro atoms. The van der Waals surface area contributed by atoms with E-state index in [-0.39, 0.29) is 5.56 Å². The molecule has 0 saturated heterocycles. The van der Waals surface area contributed by atoms with Crippen molar-refractivity contribution >= 4 is 0 Å². The van der Waals surface area contributed by atoms with Crippen molar-refractivity contribution in [2.45, 2.75) is 13.0 Å². The monoisotopic (exact) mass is 242 g/mol. The van der Waals surface area contributed by atoms with Crippen LogP contribution in [0.2, 0.25) is 0 Å². The predicted octanol–water partition coefficient (Wildman–Crippen LogP) is 3.09. The Morgan fingerprint density at radius 1 is 1.12 bits per heavy atom. The summed E-state index contributed by atoms with van der Waals surface area (Å²) in [5, 5.41) is 9.80. The van der Waals surface area contributed by atoms with Crippen LogP contribution in [0.25, 0.3) is 0 Å². The summed E-state index contributed by atoms with van der Waals surface area (Å²) >= 11 is 0. The summed E-state index contributed by atoms with van der Waals surface area (Å²) in [4.78, 5) is 0. The second-order valence-corrected chi connectivity index (χ2v) is 3.68. The maximum Gasteiger partial charge on any atom is 0.135 e. The number of hydrogen-bond donors (Lipinski definition) is 1. The lowest BCUT2D eigenvalue weighted by Crippen LogP contribution is -2.05. The second kappa shape index (κ2) is 4.25. The molecule has 1 aromatic carbocycles. The summed E-state index contributed by atoms with van der Waals surface area (Å²) in [6, 6.07) is 2.50. The Balaban J connectivity index is 2.47. The molecule has 1 atom stereocenters. The smallest absolute Gasteiger partial charge is 0.135 e. The van der Waals surface area contributed by atoms with Crippen LogP contribution in [0.4, 0.5) is 13.2 Å². The van der Waals surface area contributed by atoms with Crippen molar-refractivity contribution in [2.24, 2.45) is 0 Å². The average molecular weight is 242 g/mol. The minimum atomic E-state index is -1.52. The number of aliphatic hydroxyl groups excluding tert-OH is 1. The lowest BCUT2D eigenvalue weighted by atomic mass is 10.0. The standard InChI is InChI=1S/C12H9F3O2/c1-6-2-7(5-17-6)12(16)11-9(14)3-8(13)4-10(11)15/h2-5,12,16H,1H3. The normalized spacial score (nSPS) is 12.8. The molecular formula is C12H9F3O2. The largest absolute Gasteiger partial charge is 0.469 e. The first-order valence-corrected chi connectivity index (χ1v) is 4.86. The summed E-state index contributed by atoms with van der Waals surface area (Å²) in [5.41, 5.74) is -0.376. The van der Waals surface area contributed by atoms with Gasteiger partial charge in [-0.3, -0.25) is 0 Å². The molecule has 0 saturated carbocycles. The number of rotatable bonds is 2. The van der Waals surface area contributed by atoms with Crippen molar-refractivity contribution in [3.8, 4) is 0 Å². The summed E-state index contributed by atoms with van der Waals surface area (Å²) in [6.45, 7) is 1.63. The SMILES string of the molecule is Cc1cc(C(O)c2c(F)cc(F)cc2F)co1. The van der Waals surface area contributed by atoms with Crippen LogP contribution >= 0.6 is 0 Å². The quantitative estimate of drug-likeness (QED) is 0.877. The molecule has 0 aliphatic heterocycles. The fourth-order valence-electron chi connectivity index (χ4n) is 1.59. The number of benzene rings is 1. The third-order valence-electron chi connectivity index (χ3n) is 2.38. The van der Waals surface area contributed by atoms with Gasteiger partial charge in [0.25, 0.3) is 0 Å². The summed E-state index contributed by atoms with van der Waals surface area (Å²) in [7, 11) is 0. The first-order chi connectivity index (χ1) is 7.99. The van der Waals surface area contributed by atoms with Crippen LogP contribution in [-0.4, -0.2) is 5.11 Å². The van der Waals surface area contributed by atoms with E-state index in [9.17, 15) is 18.3 Å². The van der Waals surface area contributed by atoms with E-state index in [1.165, 1.54) is 12.3 Å². The Bertz CT molecular complexity index is 525. The number of aryl methyl sites for hydroxylation is 1. The highest BCUT2D eigenvalue weighted by atomic mass is 19.1. The maximum atomic E-state index is 13.4. The Hall–Kier alpha value is -1.75. The molecule has 2 rings (SSSR count). The van der Waals surface area contributed by atoms with Gasteiger partial charge in [-0.05, 0) is 13.0 Å². The predicted molar refractivity (Wildman–Crippen MR) is 53.8 cm³/mol. The van der Waals surface area contributed by atoms with Gasteiger partial charge in [0.15, 0.2) is 0 Å². The average Bonchev–Trinajstić information content (AvgIpc) is 2.63. The van der Waals surface area contributed by atoms with E-state index in [0.717, 1.165) is 0 Å². The van der Waals surface area contributed by atoms with Crippen LogP contribution in [0.15, 0.2) is 28.9 Å². The molecule has 1 unspecified atom stereocenters. The van der Waals surface area contributed by atoms with Crippen molar-refractivity contribution in [3.63, 3.8) is 0 Å². The van der Waals surface area contributed by atoms with Gasteiger partial charge in [-0.15, -0.1) is 0 Å². The van der Waals surface area contributed by atoms with E-state index >= 15 is 0 Å². The number of hydrogen-bond acceptors (Lipinski definition) is 2. The summed E-state index contributed by atoms with van der Waals surface area (Å²) < 4.78 is 44.4. The van der Waals surface area contributed by atoms with E-state index in [0.29, 0.717) is 17.9 Å². The fourth-order valence-corrected chi connectivity index (χ4v) is 1.59. The van der Waals surface area contributed by atoms with Crippen LogP contribution in [0, 0.1) is 24.4 Å². The zero-order valence-corrected chi connectivity index (χ0v) is 8.88. The van der Waals surface area contributed by atoms with E-state index in [1.54, 1.807) is 6.92 Å². The molecular weight excluding hydrogens is 233 g/mol. The van der Waals surface area contributed by atoms with Crippen LogP contribution in [0.1, 0.15) is 23.0 Å². The topological polar surface area (TPSA) is 33.4 Å². The highest BCUT2D eigenvalue weighted by Gasteiger charge is 2.22. The number of furan rings is 1. The summed E-state index contributed by atoms with van der Waals surface area (Å²) in [6.07, 6.45) is -0.324. The molecule has 0 fully saturated rings. The van der Waals surface area contributed by atoms with Gasteiger partial charge in [0, 0.05) is 17.7 Å². The third kappa shape index (κ3) is 2.19. The lowest BCUT2D eigenvalue weighted by molar-refractivity contribution is 0.207. The molecule has 0 radical (unpaired) electrons. The van der Waals surface area contributed by atoms with Crippen LogP contribution in [0.5, 0.6) is 0 Å². The Kier molecular flexibility index (Phi) is 2.93. The third-order valence-corrected chi connectivity index (χ3v) is 2.38. The van der Waals surface area contributed by atoms with Crippen molar-refractivity contribution in [2.75, 3.05) is 0 Å². The Morgan fingerprint density at radius 3 is 2.18 bits per heavy atom. The minimum absolute atomic E-state index is 0.215. The molecule has 1 heterocycles. The fraction of sp³-hybridized carbons (Fsp3) is 0.167. The van der Waals surface area contributed by atoms with Crippen molar-refractivity contribution < 1.29 is 22.7 Å². The minimum Gasteiger partial charge on any atom is -0.469 e. The van der Waals surface area contributed by atoms with Gasteiger partial charge in [0.05, 0.1) is 11.8 Å². The van der Waals surface area contributed by atoms with Gasteiger partial charge in [-0.1, -0.05) is 0 Å². The Labute approximate surface area is 95.3 Å². The molecule has 0 bridgehead atoms. The van der Waals surface area contributed by atoms with Crippen LogP contribution in [-0.2, 0) is 0 Å². The van der Waals surface area contributed by atoms with Gasteiger partial charge < -0.3 is 9.52 Å². The molecule has 5 heteroatoms. The Morgan fingerprint density at radius 2 is 1.71 bits per heavy atom. The molecule has 2 aromatic rings. The van der Waals surface area contributed by atoms with Gasteiger partial charge in [0.1, 0.15) is 29.3 Å². The molecule has 0 amide bonds. The molecule has 0 aliphatic rings. The molecule has 90 valence electrons. The number of aliphatic hydroxyl groups is 1. The van der Waals surface area contributed by atoms with Crippen LogP contribution < -0.4 is 0 Å². The lowest BCUT2D eigenvalue weighted by Gasteiger charge is -2.11. The zero-order valence-electron chi connectivity index (χ0n) is 8.88. The van der Waals surface area contributed by atoms with Gasteiger partial charge in [-0.25, -0.2) is 13.2 Å². The van der Waals surface area contributed by atoms with Crippen molar-refractivity contribution in [3.05, 3.63) is 58.8 Å². The zero-order chi connectivity index (χ0) is 12.6. The van der Waals surface area contributed by atoms with Crippen molar-refractivity contribution in [1.29, 1.82) is 0 Å². The van der Waals surface area contributed by atoms with E-state index < -0.39 is 29.1 Å². The molecule has 2 nitrogen and oxygen atoms in total. The van der Waals surface area contributed by atoms with Crippen LogP contribution in [0.3, 0.4) is 0 Å². The molecule has 0 aliphatic carbocycles. The van der Waals surface area contributed by atoms with E-state index in [2.05, 4.69) is 0 Å². The maximum absolute atomic E-state index is 13.4. The van der Waals surface area contributed by atoms with Gasteiger partial charge in [-0.2, -0.15) is 0 Å². The second-order valence-electron chi connectivity index (χ2n) is 3.68. The van der Waals surface area contributed by atoms with Crippen molar-refractivity contribution in [1.82, 2.24) is 0 Å². The molecule has 1 aromatic heterocycles. The molecule has 1 N–H and O–H groups in total. The highest BCUT2D eigenvalue weighted by molar-refractivity contribution is 5.31.